The van der Waals surface area contributed by atoms with Crippen LogP contribution < -0.4 is 10.1 Å². The number of benzene rings is 2. The van der Waals surface area contributed by atoms with Crippen molar-refractivity contribution in [3.05, 3.63) is 70.0 Å². The summed E-state index contributed by atoms with van der Waals surface area (Å²) >= 11 is 0. The molecule has 0 spiro atoms. The van der Waals surface area contributed by atoms with Crippen LogP contribution in [0.25, 0.3) is 0 Å². The molecular weight excluding hydrogens is 365 g/mol. The number of non-ortho nitro benzene ring substituents is 1. The number of piperidine rings is 1. The Bertz CT molecular complexity index is 803. The number of nitrogens with one attached hydrogen (secondary N) is 1. The molecule has 2 aromatic rings. The van der Waals surface area contributed by atoms with Crippen LogP contribution in [0.5, 0.6) is 5.75 Å². The van der Waals surface area contributed by atoms with E-state index in [4.69, 9.17) is 4.74 Å². The molecule has 1 saturated heterocycles. The molecular formula is C20H22FN3O4. The minimum Gasteiger partial charge on any atom is -0.484 e. The Hall–Kier alpha value is -3.00. The molecule has 1 heterocycles. The van der Waals surface area contributed by atoms with Crippen LogP contribution in [0.15, 0.2) is 48.5 Å². The van der Waals surface area contributed by atoms with Crippen molar-refractivity contribution in [2.24, 2.45) is 0 Å². The highest BCUT2D eigenvalue weighted by molar-refractivity contribution is 5.77. The number of ether oxygens (including phenoxy) is 1. The summed E-state index contributed by atoms with van der Waals surface area (Å²) in [4.78, 5) is 24.5. The zero-order valence-corrected chi connectivity index (χ0v) is 15.3. The molecule has 0 unspecified atom stereocenters. The van der Waals surface area contributed by atoms with Crippen molar-refractivity contribution in [2.45, 2.75) is 25.4 Å². The molecule has 8 heteroatoms. The molecule has 2 aromatic carbocycles. The summed E-state index contributed by atoms with van der Waals surface area (Å²) in [5, 5.41) is 13.6. The number of carbonyl (C=O) groups excluding carboxylic acids is 1. The van der Waals surface area contributed by atoms with Gasteiger partial charge in [-0.05, 0) is 42.7 Å². The van der Waals surface area contributed by atoms with E-state index in [0.717, 1.165) is 38.0 Å². The molecule has 0 aromatic heterocycles. The fourth-order valence-electron chi connectivity index (χ4n) is 3.17. The van der Waals surface area contributed by atoms with Crippen LogP contribution in [-0.4, -0.2) is 41.5 Å². The van der Waals surface area contributed by atoms with Crippen molar-refractivity contribution in [3.8, 4) is 5.75 Å². The molecule has 0 bridgehead atoms. The topological polar surface area (TPSA) is 84.7 Å². The van der Waals surface area contributed by atoms with Gasteiger partial charge in [-0.2, -0.15) is 0 Å². The van der Waals surface area contributed by atoms with Gasteiger partial charge in [-0.3, -0.25) is 19.8 Å². The number of hydrogen-bond donors (Lipinski definition) is 1. The van der Waals surface area contributed by atoms with E-state index in [9.17, 15) is 19.3 Å². The highest BCUT2D eigenvalue weighted by Crippen LogP contribution is 2.17. The average molecular weight is 387 g/mol. The lowest BCUT2D eigenvalue weighted by Gasteiger charge is -2.32. The Morgan fingerprint density at radius 3 is 2.39 bits per heavy atom. The van der Waals surface area contributed by atoms with Gasteiger partial charge < -0.3 is 10.1 Å². The summed E-state index contributed by atoms with van der Waals surface area (Å²) in [6.45, 7) is 2.34. The lowest BCUT2D eigenvalue weighted by molar-refractivity contribution is -0.384. The third kappa shape index (κ3) is 5.75. The maximum Gasteiger partial charge on any atom is 0.269 e. The van der Waals surface area contributed by atoms with Crippen LogP contribution in [0.1, 0.15) is 18.4 Å². The third-order valence-corrected chi connectivity index (χ3v) is 4.69. The predicted molar refractivity (Wildman–Crippen MR) is 101 cm³/mol. The summed E-state index contributed by atoms with van der Waals surface area (Å²) < 4.78 is 18.3. The number of halogens is 1. The van der Waals surface area contributed by atoms with E-state index in [0.29, 0.717) is 5.75 Å². The lowest BCUT2D eigenvalue weighted by Crippen LogP contribution is -2.45. The van der Waals surface area contributed by atoms with E-state index in [-0.39, 0.29) is 30.1 Å². The number of amides is 1. The second-order valence-corrected chi connectivity index (χ2v) is 6.78. The molecule has 1 amide bonds. The largest absolute Gasteiger partial charge is 0.484 e. The number of nitrogens with zero attached hydrogens (tertiary/aromatic N) is 2. The first-order valence-corrected chi connectivity index (χ1v) is 9.13. The average Bonchev–Trinajstić information content (AvgIpc) is 2.70. The van der Waals surface area contributed by atoms with Gasteiger partial charge in [0.05, 0.1) is 4.92 Å². The van der Waals surface area contributed by atoms with Crippen molar-refractivity contribution < 1.29 is 18.8 Å². The first kappa shape index (κ1) is 19.8. The molecule has 1 fully saturated rings. The molecule has 148 valence electrons. The zero-order valence-electron chi connectivity index (χ0n) is 15.3. The van der Waals surface area contributed by atoms with Crippen molar-refractivity contribution in [3.63, 3.8) is 0 Å². The van der Waals surface area contributed by atoms with Gasteiger partial charge in [0.15, 0.2) is 6.61 Å². The van der Waals surface area contributed by atoms with Crippen LogP contribution in [0, 0.1) is 15.9 Å². The Morgan fingerprint density at radius 2 is 1.79 bits per heavy atom. The molecule has 1 N–H and O–H groups in total. The lowest BCUT2D eigenvalue weighted by atomic mass is 10.0. The Kier molecular flexibility index (Phi) is 6.54. The fraction of sp³-hybridized carbons (Fsp3) is 0.350. The van der Waals surface area contributed by atoms with Crippen LogP contribution in [0.2, 0.25) is 0 Å². The summed E-state index contributed by atoms with van der Waals surface area (Å²) in [6, 6.07) is 12.2. The van der Waals surface area contributed by atoms with E-state index in [1.807, 2.05) is 0 Å². The summed E-state index contributed by atoms with van der Waals surface area (Å²) in [6.07, 6.45) is 1.68. The molecule has 0 aliphatic carbocycles. The molecule has 0 saturated carbocycles. The van der Waals surface area contributed by atoms with Crippen molar-refractivity contribution >= 4 is 11.6 Å². The molecule has 1 aliphatic rings. The number of carbonyl (C=O) groups is 1. The minimum absolute atomic E-state index is 0.0239. The minimum atomic E-state index is -0.487. The smallest absolute Gasteiger partial charge is 0.269 e. The van der Waals surface area contributed by atoms with Gasteiger partial charge >= 0.3 is 0 Å². The van der Waals surface area contributed by atoms with E-state index in [1.54, 1.807) is 12.1 Å². The molecule has 3 rings (SSSR count). The van der Waals surface area contributed by atoms with Gasteiger partial charge in [0.2, 0.25) is 0 Å². The molecule has 7 nitrogen and oxygen atoms in total. The highest BCUT2D eigenvalue weighted by Gasteiger charge is 2.21. The van der Waals surface area contributed by atoms with Crippen LogP contribution >= 0.6 is 0 Å². The second kappa shape index (κ2) is 9.27. The molecule has 0 radical (unpaired) electrons. The highest BCUT2D eigenvalue weighted by atomic mass is 19.1. The SMILES string of the molecule is O=C(COc1ccc([N+](=O)[O-])cc1)NC1CCN(Cc2ccc(F)cc2)CC1. The van der Waals surface area contributed by atoms with E-state index >= 15 is 0 Å². The van der Waals surface area contributed by atoms with Crippen LogP contribution in [0.3, 0.4) is 0 Å². The van der Waals surface area contributed by atoms with Crippen LogP contribution in [0.4, 0.5) is 10.1 Å². The third-order valence-electron chi connectivity index (χ3n) is 4.69. The van der Waals surface area contributed by atoms with Gasteiger partial charge in [0.25, 0.3) is 11.6 Å². The van der Waals surface area contributed by atoms with Gasteiger partial charge in [-0.25, -0.2) is 4.39 Å². The predicted octanol–water partition coefficient (Wildman–Crippen LogP) is 2.89. The second-order valence-electron chi connectivity index (χ2n) is 6.78. The maximum atomic E-state index is 13.0. The summed E-state index contributed by atoms with van der Waals surface area (Å²) in [5.74, 6) is -0.0358. The Morgan fingerprint density at radius 1 is 1.14 bits per heavy atom. The van der Waals surface area contributed by atoms with E-state index < -0.39 is 4.92 Å². The Balaban J connectivity index is 1.37. The molecule has 1 aliphatic heterocycles. The monoisotopic (exact) mass is 387 g/mol. The number of hydrogen-bond acceptors (Lipinski definition) is 5. The molecule has 0 atom stereocenters. The number of nitro groups is 1. The van der Waals surface area contributed by atoms with E-state index in [1.165, 1.54) is 36.4 Å². The van der Waals surface area contributed by atoms with Crippen molar-refractivity contribution in [1.82, 2.24) is 10.2 Å². The summed E-state index contributed by atoms with van der Waals surface area (Å²) in [5.41, 5.74) is 1.05. The normalized spacial score (nSPS) is 15.2. The Labute approximate surface area is 162 Å². The van der Waals surface area contributed by atoms with Gasteiger partial charge in [-0.15, -0.1) is 0 Å². The standard InChI is InChI=1S/C20H22FN3O4/c21-16-3-1-15(2-4-16)13-23-11-9-17(10-12-23)22-20(25)14-28-19-7-5-18(6-8-19)24(26)27/h1-8,17H,9-14H2,(H,22,25). The van der Waals surface area contributed by atoms with E-state index in [2.05, 4.69) is 10.2 Å². The van der Waals surface area contributed by atoms with Gasteiger partial charge in [0, 0.05) is 37.8 Å². The van der Waals surface area contributed by atoms with Crippen molar-refractivity contribution in [2.75, 3.05) is 19.7 Å². The maximum absolute atomic E-state index is 13.0. The summed E-state index contributed by atoms with van der Waals surface area (Å²) in [7, 11) is 0. The zero-order chi connectivity index (χ0) is 19.9. The first-order valence-electron chi connectivity index (χ1n) is 9.13. The fourth-order valence-corrected chi connectivity index (χ4v) is 3.17. The number of nitro benzene ring substituents is 1. The number of rotatable bonds is 7. The number of likely N-dealkylation sites (tertiary alicyclic amines) is 1. The van der Waals surface area contributed by atoms with Crippen molar-refractivity contribution in [1.29, 1.82) is 0 Å². The van der Waals surface area contributed by atoms with Crippen LogP contribution in [-0.2, 0) is 11.3 Å². The van der Waals surface area contributed by atoms with Gasteiger partial charge in [0.1, 0.15) is 11.6 Å². The molecule has 28 heavy (non-hydrogen) atoms. The first-order chi connectivity index (χ1) is 13.5. The quantitative estimate of drug-likeness (QED) is 0.583. The van der Waals surface area contributed by atoms with Gasteiger partial charge in [-0.1, -0.05) is 12.1 Å².